The van der Waals surface area contributed by atoms with Crippen molar-refractivity contribution >= 4 is 17.7 Å². The Bertz CT molecular complexity index is 572. The summed E-state index contributed by atoms with van der Waals surface area (Å²) in [4.78, 5) is 34.5. The maximum atomic E-state index is 12.2. The topological polar surface area (TPSA) is 91.7 Å². The molecule has 5 heteroatoms. The zero-order chi connectivity index (χ0) is 16.0. The van der Waals surface area contributed by atoms with Crippen LogP contribution in [0.3, 0.4) is 0 Å². The molecule has 0 aliphatic carbocycles. The van der Waals surface area contributed by atoms with E-state index in [-0.39, 0.29) is 29.8 Å². The monoisotopic (exact) mass is 290 g/mol. The molecule has 0 saturated heterocycles. The molecule has 5 nitrogen and oxygen atoms in total. The third-order valence-corrected chi connectivity index (χ3v) is 3.37. The molecule has 112 valence electrons. The lowest BCUT2D eigenvalue weighted by molar-refractivity contribution is -0.136. The molecule has 0 radical (unpaired) electrons. The molecule has 0 aliphatic heterocycles. The van der Waals surface area contributed by atoms with Gasteiger partial charge >= 0.3 is 11.9 Å². The molecule has 0 fully saturated rings. The van der Waals surface area contributed by atoms with Gasteiger partial charge in [-0.05, 0) is 12.0 Å². The van der Waals surface area contributed by atoms with Gasteiger partial charge in [0.1, 0.15) is 5.78 Å². The largest absolute Gasteiger partial charge is 0.478 e. The van der Waals surface area contributed by atoms with E-state index >= 15 is 0 Å². The molecule has 1 unspecified atom stereocenters. The van der Waals surface area contributed by atoms with Crippen molar-refractivity contribution in [3.05, 3.63) is 47.0 Å². The molecule has 1 atom stereocenters. The van der Waals surface area contributed by atoms with Crippen LogP contribution in [0.4, 0.5) is 0 Å². The zero-order valence-electron chi connectivity index (χ0n) is 12.0. The molecule has 1 rings (SSSR count). The van der Waals surface area contributed by atoms with Crippen LogP contribution in [-0.2, 0) is 14.4 Å². The fraction of sp³-hybridized carbons (Fsp3) is 0.312. The molecule has 1 aromatic carbocycles. The van der Waals surface area contributed by atoms with E-state index in [0.717, 1.165) is 5.56 Å². The predicted octanol–water partition coefficient (Wildman–Crippen LogP) is 2.63. The summed E-state index contributed by atoms with van der Waals surface area (Å²) in [7, 11) is 0. The van der Waals surface area contributed by atoms with E-state index in [4.69, 9.17) is 10.2 Å². The first-order valence-electron chi connectivity index (χ1n) is 6.64. The Labute approximate surface area is 122 Å². The summed E-state index contributed by atoms with van der Waals surface area (Å²) < 4.78 is 0. The van der Waals surface area contributed by atoms with E-state index in [2.05, 4.69) is 0 Å². The second kappa shape index (κ2) is 7.38. The fourth-order valence-electron chi connectivity index (χ4n) is 2.06. The second-order valence-corrected chi connectivity index (χ2v) is 4.70. The van der Waals surface area contributed by atoms with Gasteiger partial charge in [-0.15, -0.1) is 0 Å². The molecule has 0 spiro atoms. The Balaban J connectivity index is 3.03. The highest BCUT2D eigenvalue weighted by atomic mass is 16.4. The third kappa shape index (κ3) is 4.27. The molecule has 0 aromatic heterocycles. The van der Waals surface area contributed by atoms with E-state index in [0.29, 0.717) is 0 Å². The molecular formula is C16H18O5. The van der Waals surface area contributed by atoms with Crippen molar-refractivity contribution in [3.63, 3.8) is 0 Å². The summed E-state index contributed by atoms with van der Waals surface area (Å²) in [6.07, 6.45) is -0.329. The molecule has 0 heterocycles. The standard InChI is InChI=1S/C16H18O5/c1-3-12(15(18)19)13(16(20)21)9-14(17)10(2)11-7-5-4-6-8-11/h4-8,10H,3,9H2,1-2H3,(H,18,19)(H,20,21). The van der Waals surface area contributed by atoms with Crippen LogP contribution in [-0.4, -0.2) is 27.9 Å². The van der Waals surface area contributed by atoms with Crippen LogP contribution in [0.2, 0.25) is 0 Å². The van der Waals surface area contributed by atoms with Gasteiger partial charge in [-0.2, -0.15) is 0 Å². The van der Waals surface area contributed by atoms with E-state index in [9.17, 15) is 14.4 Å². The van der Waals surface area contributed by atoms with Gasteiger partial charge in [-0.3, -0.25) is 4.79 Å². The molecule has 21 heavy (non-hydrogen) atoms. The summed E-state index contributed by atoms with van der Waals surface area (Å²) in [6, 6.07) is 8.97. The first-order valence-corrected chi connectivity index (χ1v) is 6.64. The average molecular weight is 290 g/mol. The van der Waals surface area contributed by atoms with Crippen LogP contribution < -0.4 is 0 Å². The van der Waals surface area contributed by atoms with Crippen molar-refractivity contribution in [1.82, 2.24) is 0 Å². The smallest absolute Gasteiger partial charge is 0.332 e. The summed E-state index contributed by atoms with van der Waals surface area (Å²) in [5.41, 5.74) is 0.217. The molecule has 1 aromatic rings. The number of rotatable bonds is 7. The molecule has 0 aliphatic rings. The normalized spacial score (nSPS) is 13.2. The average Bonchev–Trinajstić information content (AvgIpc) is 2.46. The van der Waals surface area contributed by atoms with Crippen molar-refractivity contribution < 1.29 is 24.6 Å². The number of carbonyl (C=O) groups excluding carboxylic acids is 1. The van der Waals surface area contributed by atoms with Crippen molar-refractivity contribution in [3.8, 4) is 0 Å². The van der Waals surface area contributed by atoms with Gasteiger partial charge in [0.2, 0.25) is 0 Å². The highest BCUT2D eigenvalue weighted by molar-refractivity contribution is 6.03. The number of ketones is 1. The first-order chi connectivity index (χ1) is 9.88. The Hall–Kier alpha value is -2.43. The minimum Gasteiger partial charge on any atom is -0.478 e. The van der Waals surface area contributed by atoms with Gasteiger partial charge in [0.15, 0.2) is 0 Å². The van der Waals surface area contributed by atoms with Crippen LogP contribution >= 0.6 is 0 Å². The van der Waals surface area contributed by atoms with Crippen LogP contribution in [0.5, 0.6) is 0 Å². The first kappa shape index (κ1) is 16.6. The van der Waals surface area contributed by atoms with Gasteiger partial charge < -0.3 is 10.2 Å². The highest BCUT2D eigenvalue weighted by Gasteiger charge is 2.24. The Morgan fingerprint density at radius 3 is 1.95 bits per heavy atom. The van der Waals surface area contributed by atoms with Crippen molar-refractivity contribution in [2.24, 2.45) is 0 Å². The van der Waals surface area contributed by atoms with E-state index < -0.39 is 17.9 Å². The number of carboxylic acid groups (broad SMARTS) is 2. The van der Waals surface area contributed by atoms with Crippen molar-refractivity contribution in [1.29, 1.82) is 0 Å². The van der Waals surface area contributed by atoms with Crippen LogP contribution in [0.15, 0.2) is 41.5 Å². The van der Waals surface area contributed by atoms with Gasteiger partial charge in [0.25, 0.3) is 0 Å². The Kier molecular flexibility index (Phi) is 5.84. The third-order valence-electron chi connectivity index (χ3n) is 3.37. The maximum Gasteiger partial charge on any atom is 0.332 e. The van der Waals surface area contributed by atoms with E-state index in [1.54, 1.807) is 38.1 Å². The fourth-order valence-corrected chi connectivity index (χ4v) is 2.06. The molecule has 2 N–H and O–H groups in total. The van der Waals surface area contributed by atoms with Crippen LogP contribution in [0, 0.1) is 0 Å². The lowest BCUT2D eigenvalue weighted by Crippen LogP contribution is -2.17. The Morgan fingerprint density at radius 2 is 1.52 bits per heavy atom. The summed E-state index contributed by atoms with van der Waals surface area (Å²) in [5.74, 6) is -3.45. The van der Waals surface area contributed by atoms with E-state index in [1.807, 2.05) is 6.07 Å². The number of Topliss-reactive ketones (excluding diaryl/α,β-unsaturated/α-hetero) is 1. The predicted molar refractivity (Wildman–Crippen MR) is 77.1 cm³/mol. The minimum absolute atomic E-state index is 0.0595. The van der Waals surface area contributed by atoms with E-state index in [1.165, 1.54) is 0 Å². The number of carboxylic acids is 2. The van der Waals surface area contributed by atoms with Gasteiger partial charge in [-0.1, -0.05) is 44.2 Å². The van der Waals surface area contributed by atoms with Gasteiger partial charge in [-0.25, -0.2) is 9.59 Å². The molecule has 0 amide bonds. The lowest BCUT2D eigenvalue weighted by Gasteiger charge is -2.12. The number of hydrogen-bond acceptors (Lipinski definition) is 3. The number of carbonyl (C=O) groups is 3. The number of benzene rings is 1. The van der Waals surface area contributed by atoms with Crippen LogP contribution in [0.25, 0.3) is 0 Å². The van der Waals surface area contributed by atoms with Crippen molar-refractivity contribution in [2.75, 3.05) is 0 Å². The summed E-state index contributed by atoms with van der Waals surface area (Å²) >= 11 is 0. The quantitative estimate of drug-likeness (QED) is 0.753. The van der Waals surface area contributed by atoms with Gasteiger partial charge in [0.05, 0.1) is 5.57 Å². The summed E-state index contributed by atoms with van der Waals surface area (Å²) in [5, 5.41) is 18.2. The molecule has 0 bridgehead atoms. The highest BCUT2D eigenvalue weighted by Crippen LogP contribution is 2.22. The number of hydrogen-bond donors (Lipinski definition) is 2. The lowest BCUT2D eigenvalue weighted by atomic mass is 9.91. The van der Waals surface area contributed by atoms with Crippen molar-refractivity contribution in [2.45, 2.75) is 32.6 Å². The summed E-state index contributed by atoms with van der Waals surface area (Å²) in [6.45, 7) is 3.24. The maximum absolute atomic E-state index is 12.2. The molecule has 0 saturated carbocycles. The minimum atomic E-state index is -1.36. The zero-order valence-corrected chi connectivity index (χ0v) is 12.0. The number of aliphatic carboxylic acids is 2. The van der Waals surface area contributed by atoms with Gasteiger partial charge in [0, 0.05) is 17.9 Å². The SMILES string of the molecule is CCC(C(=O)O)=C(CC(=O)C(C)c1ccccc1)C(=O)O. The molecular weight excluding hydrogens is 272 g/mol. The van der Waals surface area contributed by atoms with Crippen LogP contribution in [0.1, 0.15) is 38.2 Å². The second-order valence-electron chi connectivity index (χ2n) is 4.70. The Morgan fingerprint density at radius 1 is 1.00 bits per heavy atom.